The van der Waals surface area contributed by atoms with Gasteiger partial charge in [-0.05, 0) is 25.5 Å². The molecule has 2 heterocycles. The third kappa shape index (κ3) is 4.60. The first-order chi connectivity index (χ1) is 13.0. The van der Waals surface area contributed by atoms with Crippen LogP contribution in [0.4, 0.5) is 4.79 Å². The first kappa shape index (κ1) is 19.7. The third-order valence-corrected chi connectivity index (χ3v) is 6.06. The minimum atomic E-state index is -0.696. The van der Waals surface area contributed by atoms with Crippen molar-refractivity contribution in [3.05, 3.63) is 51.1 Å². The normalized spacial score (nSPS) is 16.7. The fourth-order valence-electron chi connectivity index (χ4n) is 2.59. The van der Waals surface area contributed by atoms with E-state index in [9.17, 15) is 9.59 Å². The number of urea groups is 1. The van der Waals surface area contributed by atoms with Gasteiger partial charge in [0, 0.05) is 16.5 Å². The van der Waals surface area contributed by atoms with E-state index in [4.69, 9.17) is 16.3 Å². The van der Waals surface area contributed by atoms with Crippen molar-refractivity contribution in [2.75, 3.05) is 12.4 Å². The van der Waals surface area contributed by atoms with Crippen molar-refractivity contribution in [3.8, 4) is 0 Å². The lowest BCUT2D eigenvalue weighted by atomic mass is 9.95. The monoisotopic (exact) mass is 424 g/mol. The maximum Gasteiger partial charge on any atom is 0.338 e. The molecule has 0 saturated heterocycles. The van der Waals surface area contributed by atoms with Gasteiger partial charge < -0.3 is 15.4 Å². The highest BCUT2D eigenvalue weighted by atomic mass is 35.5. The second-order valence-corrected chi connectivity index (χ2v) is 8.35. The maximum atomic E-state index is 12.7. The van der Waals surface area contributed by atoms with Gasteiger partial charge in [0.05, 0.1) is 18.2 Å². The topological polar surface area (TPSA) is 93.2 Å². The second kappa shape index (κ2) is 8.73. The summed E-state index contributed by atoms with van der Waals surface area (Å²) in [6.07, 6.45) is 0. The predicted octanol–water partition coefficient (Wildman–Crippen LogP) is 3.46. The molecule has 0 unspecified atom stereocenters. The van der Waals surface area contributed by atoms with Crippen LogP contribution in [0.1, 0.15) is 23.5 Å². The Morgan fingerprint density at radius 3 is 2.81 bits per heavy atom. The molecule has 2 amide bonds. The van der Waals surface area contributed by atoms with E-state index in [1.54, 1.807) is 31.2 Å². The van der Waals surface area contributed by atoms with Crippen LogP contribution in [0.3, 0.4) is 0 Å². The van der Waals surface area contributed by atoms with Gasteiger partial charge >= 0.3 is 12.0 Å². The number of halogens is 1. The summed E-state index contributed by atoms with van der Waals surface area (Å²) in [6.45, 7) is 3.82. The molecule has 142 valence electrons. The Morgan fingerprint density at radius 1 is 1.37 bits per heavy atom. The molecule has 10 heteroatoms. The molecule has 1 aromatic heterocycles. The molecule has 2 aromatic rings. The number of ether oxygens (including phenoxy) is 1. The van der Waals surface area contributed by atoms with Crippen molar-refractivity contribution in [1.29, 1.82) is 0 Å². The number of nitrogens with one attached hydrogen (secondary N) is 2. The maximum absolute atomic E-state index is 12.7. The van der Waals surface area contributed by atoms with Crippen LogP contribution in [-0.2, 0) is 9.53 Å². The molecule has 0 bridgehead atoms. The average Bonchev–Trinajstić information content (AvgIpc) is 3.05. The van der Waals surface area contributed by atoms with Crippen molar-refractivity contribution in [1.82, 2.24) is 20.8 Å². The van der Waals surface area contributed by atoms with E-state index in [-0.39, 0.29) is 6.61 Å². The van der Waals surface area contributed by atoms with E-state index in [0.717, 1.165) is 9.35 Å². The van der Waals surface area contributed by atoms with Gasteiger partial charge in [-0.3, -0.25) is 0 Å². The number of benzene rings is 1. The van der Waals surface area contributed by atoms with Crippen LogP contribution in [0.2, 0.25) is 5.02 Å². The Hall–Kier alpha value is -2.10. The quantitative estimate of drug-likeness (QED) is 0.544. The minimum absolute atomic E-state index is 0.224. The first-order valence-corrected chi connectivity index (χ1v) is 10.3. The number of hydrogen-bond acceptors (Lipinski definition) is 7. The van der Waals surface area contributed by atoms with Crippen LogP contribution in [0.5, 0.6) is 0 Å². The molecule has 0 saturated carbocycles. The van der Waals surface area contributed by atoms with Gasteiger partial charge in [0.25, 0.3) is 0 Å². The van der Waals surface area contributed by atoms with Crippen molar-refractivity contribution < 1.29 is 14.3 Å². The standard InChI is InChI=1S/C17H17ClN4O3S2/c1-3-25-15(23)13-12(8-26-17-22-21-9(2)27-17)19-16(24)20-14(13)10-6-4-5-7-11(10)18/h4-7,14H,3,8H2,1-2H3,(H2,19,20,24)/t14-/m1/s1. The molecule has 1 aromatic carbocycles. The van der Waals surface area contributed by atoms with Gasteiger partial charge in [0.2, 0.25) is 0 Å². The largest absolute Gasteiger partial charge is 0.463 e. The van der Waals surface area contributed by atoms with Gasteiger partial charge in [-0.2, -0.15) is 0 Å². The summed E-state index contributed by atoms with van der Waals surface area (Å²) in [5, 5.41) is 14.8. The van der Waals surface area contributed by atoms with Crippen molar-refractivity contribution in [2.45, 2.75) is 24.2 Å². The number of rotatable bonds is 6. The summed E-state index contributed by atoms with van der Waals surface area (Å²) in [4.78, 5) is 24.9. The molecule has 1 atom stereocenters. The number of aryl methyl sites for hydroxylation is 1. The summed E-state index contributed by atoms with van der Waals surface area (Å²) in [7, 11) is 0. The number of nitrogens with zero attached hydrogens (tertiary/aromatic N) is 2. The molecular formula is C17H17ClN4O3S2. The smallest absolute Gasteiger partial charge is 0.338 e. The Kier molecular flexibility index (Phi) is 6.35. The highest BCUT2D eigenvalue weighted by molar-refractivity contribution is 8.01. The van der Waals surface area contributed by atoms with E-state index in [2.05, 4.69) is 20.8 Å². The molecule has 2 N–H and O–H groups in total. The average molecular weight is 425 g/mol. The van der Waals surface area contributed by atoms with Gasteiger partial charge in [0.1, 0.15) is 5.01 Å². The van der Waals surface area contributed by atoms with Gasteiger partial charge in [-0.25, -0.2) is 9.59 Å². The lowest BCUT2D eigenvalue weighted by molar-refractivity contribution is -0.139. The lowest BCUT2D eigenvalue weighted by Crippen LogP contribution is -2.46. The molecule has 7 nitrogen and oxygen atoms in total. The fourth-order valence-corrected chi connectivity index (χ4v) is 4.62. The second-order valence-electron chi connectivity index (χ2n) is 5.54. The molecule has 1 aliphatic heterocycles. The van der Waals surface area contributed by atoms with Crippen LogP contribution in [-0.4, -0.2) is 34.6 Å². The van der Waals surface area contributed by atoms with E-state index in [0.29, 0.717) is 27.6 Å². The predicted molar refractivity (Wildman–Crippen MR) is 105 cm³/mol. The van der Waals surface area contributed by atoms with E-state index in [1.165, 1.54) is 23.1 Å². The Labute approximate surface area is 169 Å². The van der Waals surface area contributed by atoms with Gasteiger partial charge in [-0.15, -0.1) is 10.2 Å². The number of amides is 2. The van der Waals surface area contributed by atoms with Crippen LogP contribution < -0.4 is 10.6 Å². The minimum Gasteiger partial charge on any atom is -0.463 e. The molecule has 0 spiro atoms. The van der Waals surface area contributed by atoms with Crippen molar-refractivity contribution in [3.63, 3.8) is 0 Å². The summed E-state index contributed by atoms with van der Waals surface area (Å²) in [5.74, 6) is -0.157. The molecule has 1 aliphatic rings. The molecule has 3 rings (SSSR count). The Balaban J connectivity index is 1.99. The number of carbonyl (C=O) groups excluding carboxylic acids is 2. The van der Waals surface area contributed by atoms with Gasteiger partial charge in [-0.1, -0.05) is 52.9 Å². The number of esters is 1. The number of hydrogen-bond donors (Lipinski definition) is 2. The van der Waals surface area contributed by atoms with Gasteiger partial charge in [0.15, 0.2) is 4.34 Å². The first-order valence-electron chi connectivity index (χ1n) is 8.14. The van der Waals surface area contributed by atoms with Crippen LogP contribution in [0.15, 0.2) is 39.9 Å². The molecule has 0 radical (unpaired) electrons. The molecular weight excluding hydrogens is 408 g/mol. The van der Waals surface area contributed by atoms with Crippen LogP contribution >= 0.6 is 34.7 Å². The third-order valence-electron chi connectivity index (χ3n) is 3.71. The van der Waals surface area contributed by atoms with Crippen LogP contribution in [0, 0.1) is 6.92 Å². The SMILES string of the molecule is CCOC(=O)C1=C(CSc2nnc(C)s2)NC(=O)N[C@@H]1c1ccccc1Cl. The van der Waals surface area contributed by atoms with Crippen molar-refractivity contribution in [2.24, 2.45) is 0 Å². The Morgan fingerprint density at radius 2 is 2.15 bits per heavy atom. The number of carbonyl (C=O) groups is 2. The summed E-state index contributed by atoms with van der Waals surface area (Å²) in [5.41, 5.74) is 1.43. The summed E-state index contributed by atoms with van der Waals surface area (Å²) < 4.78 is 5.98. The zero-order valence-corrected chi connectivity index (χ0v) is 17.0. The summed E-state index contributed by atoms with van der Waals surface area (Å²) in [6, 6.07) is 5.98. The summed E-state index contributed by atoms with van der Waals surface area (Å²) >= 11 is 9.15. The number of thioether (sulfide) groups is 1. The highest BCUT2D eigenvalue weighted by Crippen LogP contribution is 2.34. The number of aromatic nitrogens is 2. The van der Waals surface area contributed by atoms with E-state index in [1.807, 2.05) is 6.92 Å². The molecule has 27 heavy (non-hydrogen) atoms. The van der Waals surface area contributed by atoms with Crippen LogP contribution in [0.25, 0.3) is 0 Å². The zero-order valence-electron chi connectivity index (χ0n) is 14.6. The highest BCUT2D eigenvalue weighted by Gasteiger charge is 2.34. The van der Waals surface area contributed by atoms with E-state index < -0.39 is 18.0 Å². The Bertz CT molecular complexity index is 900. The molecule has 0 aliphatic carbocycles. The fraction of sp³-hybridized carbons (Fsp3) is 0.294. The zero-order chi connectivity index (χ0) is 19.4. The van der Waals surface area contributed by atoms with E-state index >= 15 is 0 Å². The molecule has 0 fully saturated rings. The lowest BCUT2D eigenvalue weighted by Gasteiger charge is -2.29. The van der Waals surface area contributed by atoms with Crippen molar-refractivity contribution >= 4 is 46.7 Å².